The van der Waals surface area contributed by atoms with Gasteiger partial charge in [0.15, 0.2) is 0 Å². The lowest BCUT2D eigenvalue weighted by molar-refractivity contribution is 0.521. The number of hydrogen-bond donors (Lipinski definition) is 2. The van der Waals surface area contributed by atoms with Crippen molar-refractivity contribution in [2.75, 3.05) is 19.8 Å². The second kappa shape index (κ2) is 8.76. The van der Waals surface area contributed by atoms with Crippen molar-refractivity contribution in [1.82, 2.24) is 14.3 Å². The summed E-state index contributed by atoms with van der Waals surface area (Å²) in [7, 11) is -4.59. The molecule has 4 rings (SSSR count). The van der Waals surface area contributed by atoms with Crippen LogP contribution in [0, 0.1) is 0 Å². The first-order chi connectivity index (χ1) is 16.0. The molecular weight excluding hydrogens is 474 g/mol. The lowest BCUT2D eigenvalue weighted by Gasteiger charge is -2.14. The van der Waals surface area contributed by atoms with Crippen LogP contribution in [0.1, 0.15) is 5.56 Å². The van der Waals surface area contributed by atoms with Crippen LogP contribution in [0.5, 0.6) is 0 Å². The van der Waals surface area contributed by atoms with Gasteiger partial charge in [0.2, 0.25) is 20.0 Å². The number of pyridine rings is 2. The second-order valence-corrected chi connectivity index (χ2v) is 11.7. The molecule has 176 valence electrons. The van der Waals surface area contributed by atoms with Gasteiger partial charge < -0.3 is 5.73 Å². The van der Waals surface area contributed by atoms with Gasteiger partial charge in [-0.25, -0.2) is 31.3 Å². The van der Waals surface area contributed by atoms with Crippen LogP contribution in [0.3, 0.4) is 0 Å². The Kier molecular flexibility index (Phi) is 6.13. The van der Waals surface area contributed by atoms with Crippen LogP contribution < -0.4 is 10.9 Å². The zero-order valence-electron chi connectivity index (χ0n) is 18.5. The number of nitrogen functional groups attached to an aromatic ring is 1. The molecule has 0 bridgehead atoms. The highest BCUT2D eigenvalue weighted by atomic mass is 32.2. The van der Waals surface area contributed by atoms with Gasteiger partial charge >= 0.3 is 0 Å². The fourth-order valence-corrected chi connectivity index (χ4v) is 5.29. The number of benzene rings is 2. The van der Waals surface area contributed by atoms with Crippen molar-refractivity contribution in [2.45, 2.75) is 10.6 Å². The van der Waals surface area contributed by atoms with Crippen molar-refractivity contribution in [3.05, 3.63) is 72.6 Å². The summed E-state index contributed by atoms with van der Waals surface area (Å²) in [5.74, 6) is -0.345. The van der Waals surface area contributed by atoms with E-state index in [1.54, 1.807) is 24.4 Å². The van der Waals surface area contributed by atoms with E-state index in [0.29, 0.717) is 11.1 Å². The summed E-state index contributed by atoms with van der Waals surface area (Å²) in [5.41, 5.74) is 10.1. The van der Waals surface area contributed by atoms with Gasteiger partial charge in [0.25, 0.3) is 0 Å². The summed E-state index contributed by atoms with van der Waals surface area (Å²) < 4.78 is 49.5. The summed E-state index contributed by atoms with van der Waals surface area (Å²) in [6.07, 6.45) is 3.20. The van der Waals surface area contributed by atoms with Crippen LogP contribution >= 0.6 is 0 Å². The lowest BCUT2D eigenvalue weighted by atomic mass is 9.97. The smallest absolute Gasteiger partial charge is 0.246 e. The van der Waals surface area contributed by atoms with E-state index in [1.807, 2.05) is 30.3 Å². The molecule has 0 saturated heterocycles. The molecule has 0 spiro atoms. The minimum atomic E-state index is -3.78. The fourth-order valence-electron chi connectivity index (χ4n) is 3.65. The third kappa shape index (κ3) is 4.77. The highest BCUT2D eigenvalue weighted by molar-refractivity contribution is 7.89. The zero-order chi connectivity index (χ0) is 24.7. The van der Waals surface area contributed by atoms with Crippen molar-refractivity contribution in [3.8, 4) is 22.3 Å². The number of aromatic nitrogens is 2. The predicted octanol–water partition coefficient (Wildman–Crippen LogP) is 2.58. The fraction of sp³-hybridized carbons (Fsp3) is 0.130. The van der Waals surface area contributed by atoms with Crippen molar-refractivity contribution in [3.63, 3.8) is 0 Å². The number of nitrogens with zero attached hydrogens (tertiary/aromatic N) is 3. The Morgan fingerprint density at radius 2 is 1.65 bits per heavy atom. The quantitative estimate of drug-likeness (QED) is 0.416. The van der Waals surface area contributed by atoms with E-state index in [2.05, 4.69) is 9.97 Å². The molecule has 0 fully saturated rings. The number of rotatable bonds is 6. The maximum atomic E-state index is 12.7. The molecule has 2 aromatic carbocycles. The number of anilines is 1. The molecule has 0 aliphatic rings. The van der Waals surface area contributed by atoms with Crippen LogP contribution in [0.4, 0.5) is 5.82 Å². The van der Waals surface area contributed by atoms with Gasteiger partial charge in [0.05, 0.1) is 11.3 Å². The van der Waals surface area contributed by atoms with E-state index in [4.69, 9.17) is 10.9 Å². The summed E-state index contributed by atoms with van der Waals surface area (Å²) in [5, 5.41) is 6.01. The molecule has 9 nitrogen and oxygen atoms in total. The third-order valence-electron chi connectivity index (χ3n) is 5.32. The molecule has 0 aliphatic carbocycles. The standard InChI is InChI=1S/C23H23N5O4S2/c1-28(2)34(31,32)22-12-18(13-27-23(22)24)16-6-7-21-20(11-16)19(8-9-26-21)17-5-3-4-15(10-17)14-33(25,29)30/h3-13H,14H2,1-2H3,(H2,24,27)(H2,25,29,30). The van der Waals surface area contributed by atoms with Crippen LogP contribution in [0.25, 0.3) is 33.2 Å². The summed E-state index contributed by atoms with van der Waals surface area (Å²) in [6.45, 7) is 0. The Morgan fingerprint density at radius 1 is 0.882 bits per heavy atom. The minimum absolute atomic E-state index is 0.0720. The Labute approximate surface area is 198 Å². The van der Waals surface area contributed by atoms with Crippen molar-refractivity contribution < 1.29 is 16.8 Å². The van der Waals surface area contributed by atoms with Gasteiger partial charge in [-0.2, -0.15) is 0 Å². The molecule has 0 radical (unpaired) electrons. The molecular formula is C23H23N5O4S2. The first kappa shape index (κ1) is 23.8. The van der Waals surface area contributed by atoms with Crippen LogP contribution in [0.2, 0.25) is 0 Å². The Morgan fingerprint density at radius 3 is 2.35 bits per heavy atom. The van der Waals surface area contributed by atoms with Gasteiger partial charge in [0, 0.05) is 37.4 Å². The largest absolute Gasteiger partial charge is 0.383 e. The average Bonchev–Trinajstić information content (AvgIpc) is 2.77. The van der Waals surface area contributed by atoms with Gasteiger partial charge in [0.1, 0.15) is 10.7 Å². The first-order valence-corrected chi connectivity index (χ1v) is 13.3. The van der Waals surface area contributed by atoms with Crippen LogP contribution in [-0.2, 0) is 25.8 Å². The second-order valence-electron chi connectivity index (χ2n) is 7.99. The maximum absolute atomic E-state index is 12.7. The van der Waals surface area contributed by atoms with E-state index in [0.717, 1.165) is 31.9 Å². The van der Waals surface area contributed by atoms with E-state index < -0.39 is 20.0 Å². The number of hydrogen-bond acceptors (Lipinski definition) is 7. The van der Waals surface area contributed by atoms with Crippen molar-refractivity contribution in [2.24, 2.45) is 5.14 Å². The molecule has 4 N–H and O–H groups in total. The minimum Gasteiger partial charge on any atom is -0.383 e. The number of fused-ring (bicyclic) bond motifs is 1. The first-order valence-electron chi connectivity index (χ1n) is 10.1. The highest BCUT2D eigenvalue weighted by Crippen LogP contribution is 2.33. The average molecular weight is 498 g/mol. The van der Waals surface area contributed by atoms with Gasteiger partial charge in [-0.1, -0.05) is 30.3 Å². The van der Waals surface area contributed by atoms with Gasteiger partial charge in [-0.3, -0.25) is 4.98 Å². The molecule has 2 aromatic heterocycles. The molecule has 4 aromatic rings. The van der Waals surface area contributed by atoms with Gasteiger partial charge in [-0.05, 0) is 46.5 Å². The summed E-state index contributed by atoms with van der Waals surface area (Å²) >= 11 is 0. The predicted molar refractivity (Wildman–Crippen MR) is 133 cm³/mol. The molecule has 0 amide bonds. The topological polar surface area (TPSA) is 149 Å². The number of nitrogens with two attached hydrogens (primary N) is 2. The number of primary sulfonamides is 1. The molecule has 0 atom stereocenters. The molecule has 2 heterocycles. The maximum Gasteiger partial charge on any atom is 0.246 e. The zero-order valence-corrected chi connectivity index (χ0v) is 20.1. The Balaban J connectivity index is 1.86. The summed E-state index contributed by atoms with van der Waals surface area (Å²) in [6, 6.07) is 16.0. The van der Waals surface area contributed by atoms with E-state index in [9.17, 15) is 16.8 Å². The third-order valence-corrected chi connectivity index (χ3v) is 7.90. The van der Waals surface area contributed by atoms with Crippen molar-refractivity contribution >= 4 is 36.8 Å². The highest BCUT2D eigenvalue weighted by Gasteiger charge is 2.22. The molecule has 34 heavy (non-hydrogen) atoms. The Hall–Kier alpha value is -3.38. The monoisotopic (exact) mass is 497 g/mol. The van der Waals surface area contributed by atoms with E-state index in [-0.39, 0.29) is 16.5 Å². The van der Waals surface area contributed by atoms with Crippen LogP contribution in [-0.4, -0.2) is 45.2 Å². The van der Waals surface area contributed by atoms with Gasteiger partial charge in [-0.15, -0.1) is 0 Å². The summed E-state index contributed by atoms with van der Waals surface area (Å²) in [4.78, 5) is 8.45. The normalized spacial score (nSPS) is 12.4. The lowest BCUT2D eigenvalue weighted by Crippen LogP contribution is -2.23. The van der Waals surface area contributed by atoms with E-state index >= 15 is 0 Å². The van der Waals surface area contributed by atoms with Crippen molar-refractivity contribution in [1.29, 1.82) is 0 Å². The van der Waals surface area contributed by atoms with E-state index in [1.165, 1.54) is 26.4 Å². The molecule has 11 heteroatoms. The van der Waals surface area contributed by atoms with Crippen LogP contribution in [0.15, 0.2) is 71.9 Å². The Bertz CT molecular complexity index is 1620. The molecule has 0 saturated carbocycles. The molecule has 0 unspecified atom stereocenters. The molecule has 0 aliphatic heterocycles. The number of sulfonamides is 2. The SMILES string of the molecule is CN(C)S(=O)(=O)c1cc(-c2ccc3nccc(-c4cccc(CS(N)(=O)=O)c4)c3c2)cnc1N.